The Morgan fingerprint density at radius 3 is 0.757 bits per heavy atom. The molecule has 6 N–H and O–H groups in total. The maximum Gasteiger partial charge on any atom is 1.00 e. The molecule has 360 valence electrons. The van der Waals surface area contributed by atoms with E-state index in [1.807, 2.05) is 0 Å². The SMILES string of the molecule is O=S(=O)([O-])c1cc2c(O)c(c1)Cc1cc(S(=O)(=O)[O-])cc(c1O)Cc1cc(S(=O)(=O)[O-])cc(c1O)Cc1cc(S(=O)(=O)[O-])cc(c1O)Cc1cc(SOO[O-])cc(c1O)Cc1c[c-]cc(c1O)C2.[Na+].[Na+].[Na+].[Na+].[Na+].[Na+]. The van der Waals surface area contributed by atoms with Gasteiger partial charge in [-0.2, -0.15) is 22.5 Å². The van der Waals surface area contributed by atoms with Gasteiger partial charge in [-0.05, 0) is 129 Å². The summed E-state index contributed by atoms with van der Waals surface area (Å²) in [6, 6.07) is 13.2. The minimum atomic E-state index is -5.46. The molecule has 0 saturated heterocycles. The van der Waals surface area contributed by atoms with Crippen LogP contribution in [0.15, 0.2) is 97.3 Å². The van der Waals surface area contributed by atoms with Gasteiger partial charge in [0.05, 0.1) is 31.6 Å². The molecular formula is C42H30Na6O21S5. The van der Waals surface area contributed by atoms with E-state index in [4.69, 9.17) is 0 Å². The summed E-state index contributed by atoms with van der Waals surface area (Å²) in [5, 5.41) is 83.8. The van der Waals surface area contributed by atoms with E-state index in [0.717, 1.165) is 12.1 Å². The summed E-state index contributed by atoms with van der Waals surface area (Å²) in [6.07, 6.45) is -4.14. The number of benzene rings is 6. The van der Waals surface area contributed by atoms with Crippen molar-refractivity contribution in [1.82, 2.24) is 0 Å². The van der Waals surface area contributed by atoms with E-state index in [1.54, 1.807) is 0 Å². The molecular weight excluding hydrogens is 1140 g/mol. The molecule has 12 bridgehead atoms. The molecule has 0 spiro atoms. The third-order valence-corrected chi connectivity index (χ3v) is 14.7. The van der Waals surface area contributed by atoms with E-state index in [-0.39, 0.29) is 222 Å². The van der Waals surface area contributed by atoms with E-state index in [1.165, 1.54) is 24.3 Å². The van der Waals surface area contributed by atoms with Crippen molar-refractivity contribution in [1.29, 1.82) is 0 Å². The fourth-order valence-electron chi connectivity index (χ4n) is 7.75. The molecule has 74 heavy (non-hydrogen) atoms. The van der Waals surface area contributed by atoms with Gasteiger partial charge in [0.25, 0.3) is 0 Å². The zero-order valence-corrected chi connectivity index (χ0v) is 56.1. The van der Waals surface area contributed by atoms with Crippen LogP contribution >= 0.6 is 12.0 Å². The number of phenols is 6. The molecule has 0 saturated carbocycles. The molecule has 0 aliphatic heterocycles. The number of hydrogen-bond donors (Lipinski definition) is 6. The molecule has 0 unspecified atom stereocenters. The van der Waals surface area contributed by atoms with Crippen molar-refractivity contribution in [2.45, 2.75) is 63.0 Å². The monoisotopic (exact) mass is 1170 g/mol. The quantitative estimate of drug-likeness (QED) is 0.0215. The largest absolute Gasteiger partial charge is 1.00 e. The topological polar surface area (TPSA) is 392 Å². The van der Waals surface area contributed by atoms with E-state index < -0.39 is 160 Å². The normalized spacial score (nSPS) is 12.6. The zero-order valence-electron chi connectivity index (χ0n) is 40.0. The van der Waals surface area contributed by atoms with Crippen molar-refractivity contribution in [2.24, 2.45) is 0 Å². The van der Waals surface area contributed by atoms with Crippen molar-refractivity contribution in [3.8, 4) is 34.5 Å². The van der Waals surface area contributed by atoms with Crippen LogP contribution in [-0.4, -0.2) is 82.5 Å². The Morgan fingerprint density at radius 1 is 0.365 bits per heavy atom. The number of fused-ring (bicyclic) bond motifs is 12. The van der Waals surface area contributed by atoms with E-state index >= 15 is 0 Å². The zero-order chi connectivity index (χ0) is 49.8. The summed E-state index contributed by atoms with van der Waals surface area (Å²) in [4.78, 5) is -3.97. The van der Waals surface area contributed by atoms with Gasteiger partial charge < -0.3 is 54.1 Å². The molecule has 32 heteroatoms. The second-order valence-electron chi connectivity index (χ2n) is 15.4. The third-order valence-electron chi connectivity index (χ3n) is 10.9. The predicted molar refractivity (Wildman–Crippen MR) is 224 cm³/mol. The van der Waals surface area contributed by atoms with Gasteiger partial charge in [0.1, 0.15) is 69.2 Å². The summed E-state index contributed by atoms with van der Waals surface area (Å²) >= 11 is 0.334. The van der Waals surface area contributed by atoms with Crippen molar-refractivity contribution in [3.63, 3.8) is 0 Å². The van der Waals surface area contributed by atoms with Gasteiger partial charge >= 0.3 is 177 Å². The molecule has 1 aliphatic rings. The Kier molecular flexibility index (Phi) is 27.8. The van der Waals surface area contributed by atoms with E-state index in [0.29, 0.717) is 48.4 Å². The molecule has 0 radical (unpaired) electrons. The fraction of sp³-hybridized carbons (Fsp3) is 0.143. The second kappa shape index (κ2) is 28.6. The first-order valence-electron chi connectivity index (χ1n) is 19.0. The first-order chi connectivity index (χ1) is 31.6. The van der Waals surface area contributed by atoms with Gasteiger partial charge in [0.15, 0.2) is 0 Å². The summed E-state index contributed by atoms with van der Waals surface area (Å²) in [7, 11) is -21.6. The molecule has 7 rings (SSSR count). The third kappa shape index (κ3) is 17.0. The van der Waals surface area contributed by atoms with Crippen molar-refractivity contribution < 1.29 is 274 Å². The van der Waals surface area contributed by atoms with Crippen LogP contribution in [0.3, 0.4) is 0 Å². The van der Waals surface area contributed by atoms with Gasteiger partial charge in [-0.25, -0.2) is 33.7 Å². The van der Waals surface area contributed by atoms with Gasteiger partial charge in [0, 0.05) is 36.3 Å². The standard InChI is InChI=1S/C42H35O21S5.6Na/c43-37-20-2-1-3-21(37)5-24-12-33(65(50,51)52)14-26(39(24)45)7-28-16-35(67(56,57)58)18-30(41(28)47)9-31-19-36(68(59,60)61)17-29(42(31)48)8-27-15-34(66(53,54)55)13-25(40(27)46)6-23-11-32(64-63-62-49)10-22(4-20)38(23)44;;;;;;/h2-3,10-19,43-49H,4-9H2,(H,50,51,52)(H,53,54,55)(H,56,57,58)(H,59,60,61);;;;;;/q-1;6*+1/p-5. The van der Waals surface area contributed by atoms with Crippen LogP contribution in [0.2, 0.25) is 0 Å². The molecule has 1 aliphatic carbocycles. The smallest absolute Gasteiger partial charge is 0.744 e. The first kappa shape index (κ1) is 72.0. The van der Waals surface area contributed by atoms with Gasteiger partial charge in [-0.3, -0.25) is 5.04 Å². The number of hydrogen-bond acceptors (Lipinski definition) is 22. The molecule has 0 heterocycles. The molecule has 6 aromatic carbocycles. The predicted octanol–water partition coefficient (Wildman–Crippen LogP) is -15.6. The summed E-state index contributed by atoms with van der Waals surface area (Å²) in [5.41, 5.74) is -4.03. The van der Waals surface area contributed by atoms with Crippen LogP contribution in [-0.2, 0) is 88.4 Å². The first-order valence-corrected chi connectivity index (χ1v) is 25.4. The minimum Gasteiger partial charge on any atom is -0.744 e. The average molecular weight is 1170 g/mol. The Hall–Kier alpha value is -0.01000. The Labute approximate surface area is 561 Å². The second-order valence-corrected chi connectivity index (χ2v) is 21.7. The van der Waals surface area contributed by atoms with E-state index in [2.05, 4.69) is 15.4 Å². The van der Waals surface area contributed by atoms with Crippen LogP contribution < -0.4 is 183 Å². The Bertz CT molecular complexity index is 3550. The molecule has 0 amide bonds. The minimum absolute atomic E-state index is 0. The van der Waals surface area contributed by atoms with Gasteiger partial charge in [0.2, 0.25) is 0 Å². The molecule has 0 aromatic heterocycles. The maximum absolute atomic E-state index is 12.5. The van der Waals surface area contributed by atoms with Crippen LogP contribution in [0, 0.1) is 6.07 Å². The molecule has 21 nitrogen and oxygen atoms in total. The maximum atomic E-state index is 12.5. The van der Waals surface area contributed by atoms with Crippen molar-refractivity contribution in [2.75, 3.05) is 0 Å². The Morgan fingerprint density at radius 2 is 0.554 bits per heavy atom. The van der Waals surface area contributed by atoms with Crippen LogP contribution in [0.25, 0.3) is 0 Å². The number of phenolic OH excluding ortho intramolecular Hbond substituents is 6. The van der Waals surface area contributed by atoms with Gasteiger partial charge in [-0.15, -0.1) is 11.1 Å². The number of aromatic hydroxyl groups is 6. The summed E-state index contributed by atoms with van der Waals surface area (Å²) in [5.74, 6) is -4.37. The summed E-state index contributed by atoms with van der Waals surface area (Å²) < 4.78 is 154. The Balaban J connectivity index is 0.00000456. The van der Waals surface area contributed by atoms with Crippen LogP contribution in [0.5, 0.6) is 34.5 Å². The van der Waals surface area contributed by atoms with Crippen LogP contribution in [0.4, 0.5) is 0 Å². The average Bonchev–Trinajstić information content (AvgIpc) is 3.23. The van der Waals surface area contributed by atoms with Gasteiger partial charge in [-0.1, -0.05) is 0 Å². The van der Waals surface area contributed by atoms with Crippen molar-refractivity contribution in [3.05, 3.63) is 146 Å². The number of rotatable bonds is 7. The molecule has 0 fully saturated rings. The molecule has 6 aromatic rings. The summed E-state index contributed by atoms with van der Waals surface area (Å²) in [6.45, 7) is 0. The van der Waals surface area contributed by atoms with Crippen LogP contribution in [0.1, 0.15) is 66.8 Å². The van der Waals surface area contributed by atoms with Crippen molar-refractivity contribution >= 4 is 52.5 Å². The van der Waals surface area contributed by atoms with E-state index in [9.17, 15) is 87.8 Å². The molecule has 0 atom stereocenters. The fourth-order valence-corrected chi connectivity index (χ4v) is 10.5.